The zero-order valence-corrected chi connectivity index (χ0v) is 14.5. The third-order valence-corrected chi connectivity index (χ3v) is 4.55. The summed E-state index contributed by atoms with van der Waals surface area (Å²) in [4.78, 5) is 23.8. The van der Waals surface area contributed by atoms with Crippen molar-refractivity contribution >= 4 is 11.9 Å². The van der Waals surface area contributed by atoms with Gasteiger partial charge in [-0.1, -0.05) is 13.8 Å². The van der Waals surface area contributed by atoms with E-state index in [1.165, 1.54) is 18.3 Å². The Kier molecular flexibility index (Phi) is 5.56. The van der Waals surface area contributed by atoms with Gasteiger partial charge in [-0.15, -0.1) is 0 Å². The number of nitrogens with zero attached hydrogens (tertiary/aromatic N) is 2. The smallest absolute Gasteiger partial charge is 0.305 e. The van der Waals surface area contributed by atoms with Crippen LogP contribution in [0.5, 0.6) is 0 Å². The third kappa shape index (κ3) is 4.04. The number of nitrogens with one attached hydrogen (secondary N) is 1. The van der Waals surface area contributed by atoms with Gasteiger partial charge in [0, 0.05) is 0 Å². The summed E-state index contributed by atoms with van der Waals surface area (Å²) < 4.78 is 14.6. The van der Waals surface area contributed by atoms with Crippen molar-refractivity contribution < 1.29 is 19.1 Å². The second-order valence-corrected chi connectivity index (χ2v) is 6.04. The van der Waals surface area contributed by atoms with E-state index in [0.717, 1.165) is 0 Å². The first-order valence-corrected chi connectivity index (χ1v) is 8.16. The van der Waals surface area contributed by atoms with Crippen molar-refractivity contribution in [1.29, 1.82) is 0 Å². The fourth-order valence-electron chi connectivity index (χ4n) is 2.79. The molecule has 0 fully saturated rings. The summed E-state index contributed by atoms with van der Waals surface area (Å²) in [6.45, 7) is 5.44. The van der Waals surface area contributed by atoms with Gasteiger partial charge in [-0.25, -0.2) is 9.07 Å². The van der Waals surface area contributed by atoms with Crippen molar-refractivity contribution in [2.75, 3.05) is 0 Å². The predicted molar refractivity (Wildman–Crippen MR) is 91.3 cm³/mol. The molecule has 1 aromatic heterocycles. The molecule has 0 aliphatic carbocycles. The minimum Gasteiger partial charge on any atom is -0.481 e. The minimum absolute atomic E-state index is 0.142. The SMILES string of the molecule is CCC(CC)(CC(=O)O)NC(=O)c1cnn(-c2ccc(F)cc2)c1C. The Labute approximate surface area is 145 Å². The number of hydrogen-bond donors (Lipinski definition) is 2. The molecule has 0 radical (unpaired) electrons. The van der Waals surface area contributed by atoms with Gasteiger partial charge >= 0.3 is 5.97 Å². The monoisotopic (exact) mass is 347 g/mol. The maximum Gasteiger partial charge on any atom is 0.305 e. The maximum atomic E-state index is 13.1. The Hall–Kier alpha value is -2.70. The number of rotatable bonds is 7. The second kappa shape index (κ2) is 7.46. The summed E-state index contributed by atoms with van der Waals surface area (Å²) in [7, 11) is 0. The molecule has 0 unspecified atom stereocenters. The van der Waals surface area contributed by atoms with E-state index in [1.54, 1.807) is 23.7 Å². The standard InChI is InChI=1S/C18H22FN3O3/c1-4-18(5-2,10-16(23)24)21-17(25)15-11-20-22(12(15)3)14-8-6-13(19)7-9-14/h6-9,11H,4-5,10H2,1-3H3,(H,21,25)(H,23,24). The molecule has 2 N–H and O–H groups in total. The summed E-state index contributed by atoms with van der Waals surface area (Å²) >= 11 is 0. The first-order valence-electron chi connectivity index (χ1n) is 8.16. The minimum atomic E-state index is -0.956. The van der Waals surface area contributed by atoms with E-state index in [1.807, 2.05) is 13.8 Å². The van der Waals surface area contributed by atoms with Crippen LogP contribution >= 0.6 is 0 Å². The summed E-state index contributed by atoms with van der Waals surface area (Å²) in [5.74, 6) is -1.67. The number of carbonyl (C=O) groups is 2. The average molecular weight is 347 g/mol. The highest BCUT2D eigenvalue weighted by Crippen LogP contribution is 2.22. The first kappa shape index (κ1) is 18.6. The molecule has 6 nitrogen and oxygen atoms in total. The molecular weight excluding hydrogens is 325 g/mol. The Morgan fingerprint density at radius 3 is 2.36 bits per heavy atom. The molecule has 0 aliphatic heterocycles. The average Bonchev–Trinajstić information content (AvgIpc) is 2.96. The van der Waals surface area contributed by atoms with Crippen molar-refractivity contribution in [3.63, 3.8) is 0 Å². The predicted octanol–water partition coefficient (Wildman–Crippen LogP) is 3.08. The number of carboxylic acid groups (broad SMARTS) is 1. The summed E-state index contributed by atoms with van der Waals surface area (Å²) in [6.07, 6.45) is 2.31. The van der Waals surface area contributed by atoms with E-state index >= 15 is 0 Å². The van der Waals surface area contributed by atoms with E-state index in [-0.39, 0.29) is 18.1 Å². The van der Waals surface area contributed by atoms with E-state index in [4.69, 9.17) is 5.11 Å². The van der Waals surface area contributed by atoms with Crippen LogP contribution in [0.25, 0.3) is 5.69 Å². The number of aromatic nitrogens is 2. The fraction of sp³-hybridized carbons (Fsp3) is 0.389. The Balaban J connectivity index is 2.28. The fourth-order valence-corrected chi connectivity index (χ4v) is 2.79. The lowest BCUT2D eigenvalue weighted by atomic mass is 9.88. The molecule has 2 aromatic rings. The molecule has 0 atom stereocenters. The first-order chi connectivity index (χ1) is 11.8. The summed E-state index contributed by atoms with van der Waals surface area (Å²) in [5, 5.41) is 16.2. The third-order valence-electron chi connectivity index (χ3n) is 4.55. The quantitative estimate of drug-likeness (QED) is 0.806. The molecule has 0 spiro atoms. The highest BCUT2D eigenvalue weighted by Gasteiger charge is 2.32. The van der Waals surface area contributed by atoms with Crippen molar-refractivity contribution in [1.82, 2.24) is 15.1 Å². The Morgan fingerprint density at radius 1 is 1.24 bits per heavy atom. The molecule has 0 bridgehead atoms. The van der Waals surface area contributed by atoms with Crippen molar-refractivity contribution in [3.8, 4) is 5.69 Å². The lowest BCUT2D eigenvalue weighted by Crippen LogP contribution is -2.49. The topological polar surface area (TPSA) is 84.2 Å². The zero-order valence-electron chi connectivity index (χ0n) is 14.5. The van der Waals surface area contributed by atoms with Gasteiger partial charge in [-0.3, -0.25) is 9.59 Å². The van der Waals surface area contributed by atoms with Gasteiger partial charge in [-0.2, -0.15) is 5.10 Å². The highest BCUT2D eigenvalue weighted by atomic mass is 19.1. The number of carbonyl (C=O) groups excluding carboxylic acids is 1. The molecule has 134 valence electrons. The van der Waals surface area contributed by atoms with Crippen LogP contribution in [0.3, 0.4) is 0 Å². The van der Waals surface area contributed by atoms with Crippen LogP contribution < -0.4 is 5.32 Å². The van der Waals surface area contributed by atoms with Gasteiger partial charge in [0.2, 0.25) is 0 Å². The number of amides is 1. The van der Waals surface area contributed by atoms with E-state index in [2.05, 4.69) is 10.4 Å². The van der Waals surface area contributed by atoms with E-state index in [9.17, 15) is 14.0 Å². The van der Waals surface area contributed by atoms with Crippen molar-refractivity contribution in [3.05, 3.63) is 47.5 Å². The molecule has 25 heavy (non-hydrogen) atoms. The molecule has 0 saturated heterocycles. The van der Waals surface area contributed by atoms with Gasteiger partial charge in [0.25, 0.3) is 5.91 Å². The number of halogens is 1. The van der Waals surface area contributed by atoms with E-state index < -0.39 is 11.5 Å². The summed E-state index contributed by atoms with van der Waals surface area (Å²) in [6, 6.07) is 5.79. The number of hydrogen-bond acceptors (Lipinski definition) is 3. The molecule has 0 aliphatic rings. The van der Waals surface area contributed by atoms with Gasteiger partial charge in [0.05, 0.1) is 35.1 Å². The molecule has 1 aromatic carbocycles. The lowest BCUT2D eigenvalue weighted by Gasteiger charge is -2.31. The number of benzene rings is 1. The molecule has 7 heteroatoms. The number of carboxylic acids is 1. The molecule has 0 saturated carbocycles. The lowest BCUT2D eigenvalue weighted by molar-refractivity contribution is -0.138. The second-order valence-electron chi connectivity index (χ2n) is 6.04. The molecule has 1 heterocycles. The van der Waals surface area contributed by atoms with Crippen LogP contribution in [0.15, 0.2) is 30.5 Å². The zero-order chi connectivity index (χ0) is 18.6. The molecule has 2 rings (SSSR count). The van der Waals surface area contributed by atoms with E-state index in [0.29, 0.717) is 29.8 Å². The molecule has 1 amide bonds. The van der Waals surface area contributed by atoms with Crippen molar-refractivity contribution in [2.24, 2.45) is 0 Å². The molecular formula is C18H22FN3O3. The van der Waals surface area contributed by atoms with Crippen LogP contribution in [0, 0.1) is 12.7 Å². The largest absolute Gasteiger partial charge is 0.481 e. The van der Waals surface area contributed by atoms with Crippen LogP contribution in [-0.4, -0.2) is 32.3 Å². The Bertz CT molecular complexity index is 764. The highest BCUT2D eigenvalue weighted by molar-refractivity contribution is 5.96. The normalized spacial score (nSPS) is 11.4. The summed E-state index contributed by atoms with van der Waals surface area (Å²) in [5.41, 5.74) is 0.801. The van der Waals surface area contributed by atoms with Crippen LogP contribution in [0.4, 0.5) is 4.39 Å². The van der Waals surface area contributed by atoms with Gasteiger partial charge in [-0.05, 0) is 44.0 Å². The van der Waals surface area contributed by atoms with Crippen LogP contribution in [0.1, 0.15) is 49.2 Å². The van der Waals surface area contributed by atoms with Gasteiger partial charge in [0.1, 0.15) is 5.82 Å². The van der Waals surface area contributed by atoms with Gasteiger partial charge in [0.15, 0.2) is 0 Å². The Morgan fingerprint density at radius 2 is 1.84 bits per heavy atom. The van der Waals surface area contributed by atoms with Crippen LogP contribution in [-0.2, 0) is 4.79 Å². The number of aliphatic carboxylic acids is 1. The van der Waals surface area contributed by atoms with Gasteiger partial charge < -0.3 is 10.4 Å². The van der Waals surface area contributed by atoms with Crippen LogP contribution in [0.2, 0.25) is 0 Å². The maximum absolute atomic E-state index is 13.1. The van der Waals surface area contributed by atoms with Crippen molar-refractivity contribution in [2.45, 2.75) is 45.6 Å².